The molecule has 0 aromatic carbocycles. The van der Waals surface area contributed by atoms with Gasteiger partial charge in [0.1, 0.15) is 12.6 Å². The molecule has 0 radical (unpaired) electrons. The lowest BCUT2D eigenvalue weighted by atomic mass is 10.3. The Morgan fingerprint density at radius 3 is 2.43 bits per heavy atom. The molecule has 1 unspecified atom stereocenters. The van der Waals surface area contributed by atoms with Gasteiger partial charge in [-0.25, -0.2) is 0 Å². The summed E-state index contributed by atoms with van der Waals surface area (Å²) < 4.78 is 9.12. The fourth-order valence-electron chi connectivity index (χ4n) is 0.870. The van der Waals surface area contributed by atoms with E-state index in [4.69, 9.17) is 10.5 Å². The van der Waals surface area contributed by atoms with Gasteiger partial charge in [0.25, 0.3) is 0 Å². The van der Waals surface area contributed by atoms with Crippen LogP contribution >= 0.6 is 0 Å². The Balaban J connectivity index is 4.04. The van der Waals surface area contributed by atoms with Crippen molar-refractivity contribution >= 4 is 11.9 Å². The number of nitrogens with zero attached hydrogens (tertiary/aromatic N) is 1. The topological polar surface area (TPSA) is 81.9 Å². The molecule has 0 heterocycles. The summed E-state index contributed by atoms with van der Waals surface area (Å²) in [5.74, 6) is -0.831. The fraction of sp³-hybridized carbons (Fsp3) is 0.750. The minimum Gasteiger partial charge on any atom is -0.468 e. The van der Waals surface area contributed by atoms with Crippen LogP contribution in [-0.2, 0) is 19.1 Å². The van der Waals surface area contributed by atoms with Crippen LogP contribution in [0.5, 0.6) is 0 Å². The number of amides is 1. The van der Waals surface area contributed by atoms with Crippen LogP contribution in [0.25, 0.3) is 0 Å². The Morgan fingerprint density at radius 2 is 2.00 bits per heavy atom. The largest absolute Gasteiger partial charge is 0.468 e. The molecule has 0 bridgehead atoms. The van der Waals surface area contributed by atoms with Gasteiger partial charge in [-0.05, 0) is 0 Å². The standard InChI is InChI=1S/C8H16N2O4/c1-10(4-7(11)14-3)8(12)6(9)5-13-2/h6H,4-5,9H2,1-3H3. The molecule has 0 saturated heterocycles. The summed E-state index contributed by atoms with van der Waals surface area (Å²) >= 11 is 0. The molecule has 2 N–H and O–H groups in total. The average Bonchev–Trinajstić information content (AvgIpc) is 2.16. The molecule has 0 fully saturated rings. The van der Waals surface area contributed by atoms with E-state index in [1.54, 1.807) is 0 Å². The van der Waals surface area contributed by atoms with Crippen molar-refractivity contribution in [2.45, 2.75) is 6.04 Å². The van der Waals surface area contributed by atoms with Crippen molar-refractivity contribution in [3.63, 3.8) is 0 Å². The van der Waals surface area contributed by atoms with Gasteiger partial charge in [-0.2, -0.15) is 0 Å². The van der Waals surface area contributed by atoms with Gasteiger partial charge >= 0.3 is 5.97 Å². The van der Waals surface area contributed by atoms with Crippen LogP contribution in [0.15, 0.2) is 0 Å². The van der Waals surface area contributed by atoms with Crippen LogP contribution in [0.3, 0.4) is 0 Å². The third kappa shape index (κ3) is 4.20. The zero-order chi connectivity index (χ0) is 11.1. The Labute approximate surface area is 82.9 Å². The van der Waals surface area contributed by atoms with E-state index in [1.807, 2.05) is 0 Å². The molecule has 0 aromatic heterocycles. The summed E-state index contributed by atoms with van der Waals surface area (Å²) in [6.45, 7) is 0.0249. The van der Waals surface area contributed by atoms with E-state index < -0.39 is 12.0 Å². The maximum Gasteiger partial charge on any atom is 0.325 e. The number of hydrogen-bond acceptors (Lipinski definition) is 5. The van der Waals surface area contributed by atoms with Crippen molar-refractivity contribution in [1.82, 2.24) is 4.90 Å². The molecular formula is C8H16N2O4. The summed E-state index contributed by atoms with van der Waals surface area (Å²) in [7, 11) is 4.19. The Kier molecular flexibility index (Phi) is 5.82. The number of esters is 1. The molecule has 0 aliphatic heterocycles. The monoisotopic (exact) mass is 204 g/mol. The van der Waals surface area contributed by atoms with Gasteiger partial charge in [-0.15, -0.1) is 0 Å². The summed E-state index contributed by atoms with van der Waals surface area (Å²) in [5.41, 5.74) is 5.48. The van der Waals surface area contributed by atoms with E-state index in [-0.39, 0.29) is 19.1 Å². The first-order chi connectivity index (χ1) is 6.52. The van der Waals surface area contributed by atoms with Crippen molar-refractivity contribution in [3.8, 4) is 0 Å². The van der Waals surface area contributed by atoms with E-state index in [0.717, 1.165) is 0 Å². The first kappa shape index (κ1) is 12.9. The number of methoxy groups -OCH3 is 2. The van der Waals surface area contributed by atoms with E-state index in [2.05, 4.69) is 4.74 Å². The number of rotatable bonds is 5. The highest BCUT2D eigenvalue weighted by molar-refractivity contribution is 5.85. The van der Waals surface area contributed by atoms with Crippen LogP contribution < -0.4 is 5.73 Å². The number of likely N-dealkylation sites (N-methyl/N-ethyl adjacent to an activating group) is 1. The normalized spacial score (nSPS) is 12.0. The van der Waals surface area contributed by atoms with Gasteiger partial charge in [0.05, 0.1) is 13.7 Å². The fourth-order valence-corrected chi connectivity index (χ4v) is 0.870. The molecule has 14 heavy (non-hydrogen) atoms. The minimum absolute atomic E-state index is 0.104. The number of carbonyl (C=O) groups is 2. The highest BCUT2D eigenvalue weighted by Crippen LogP contribution is 1.91. The van der Waals surface area contributed by atoms with E-state index in [1.165, 1.54) is 26.2 Å². The van der Waals surface area contributed by atoms with E-state index in [0.29, 0.717) is 0 Å². The van der Waals surface area contributed by atoms with E-state index in [9.17, 15) is 9.59 Å². The number of hydrogen-bond donors (Lipinski definition) is 1. The lowest BCUT2D eigenvalue weighted by Crippen LogP contribution is -2.46. The molecule has 0 aliphatic carbocycles. The van der Waals surface area contributed by atoms with E-state index >= 15 is 0 Å². The predicted octanol–water partition coefficient (Wildman–Crippen LogP) is -1.41. The third-order valence-corrected chi connectivity index (χ3v) is 1.63. The number of carbonyl (C=O) groups excluding carboxylic acids is 2. The van der Waals surface area contributed by atoms with Crippen molar-refractivity contribution in [1.29, 1.82) is 0 Å². The summed E-state index contributed by atoms with van der Waals surface area (Å²) in [6.07, 6.45) is 0. The molecular weight excluding hydrogens is 188 g/mol. The van der Waals surface area contributed by atoms with Gasteiger partial charge in [-0.3, -0.25) is 9.59 Å². The van der Waals surface area contributed by atoms with Crippen LogP contribution in [0, 0.1) is 0 Å². The zero-order valence-electron chi connectivity index (χ0n) is 8.65. The van der Waals surface area contributed by atoms with Crippen LogP contribution in [0.2, 0.25) is 0 Å². The van der Waals surface area contributed by atoms with Gasteiger partial charge in [0.2, 0.25) is 5.91 Å². The molecule has 0 spiro atoms. The van der Waals surface area contributed by atoms with Crippen molar-refractivity contribution in [2.24, 2.45) is 5.73 Å². The van der Waals surface area contributed by atoms with Crippen LogP contribution in [0.4, 0.5) is 0 Å². The molecule has 0 rings (SSSR count). The quantitative estimate of drug-likeness (QED) is 0.556. The first-order valence-corrected chi connectivity index (χ1v) is 4.09. The van der Waals surface area contributed by atoms with Crippen molar-refractivity contribution in [3.05, 3.63) is 0 Å². The number of nitrogens with two attached hydrogens (primary N) is 1. The summed E-state index contributed by atoms with van der Waals surface area (Å²) in [6, 6.07) is -0.741. The second kappa shape index (κ2) is 6.33. The third-order valence-electron chi connectivity index (χ3n) is 1.63. The highest BCUT2D eigenvalue weighted by atomic mass is 16.5. The smallest absolute Gasteiger partial charge is 0.325 e. The molecule has 1 amide bonds. The molecule has 0 aliphatic rings. The Morgan fingerprint density at radius 1 is 1.43 bits per heavy atom. The van der Waals surface area contributed by atoms with Gasteiger partial charge in [0, 0.05) is 14.2 Å². The number of ether oxygens (including phenoxy) is 2. The van der Waals surface area contributed by atoms with Gasteiger partial charge in [0.15, 0.2) is 0 Å². The molecule has 0 saturated carbocycles. The maximum absolute atomic E-state index is 11.4. The SMILES string of the molecule is COCC(N)C(=O)N(C)CC(=O)OC. The first-order valence-electron chi connectivity index (χ1n) is 4.09. The lowest BCUT2D eigenvalue weighted by molar-refractivity contribution is -0.146. The average molecular weight is 204 g/mol. The molecule has 0 aromatic rings. The highest BCUT2D eigenvalue weighted by Gasteiger charge is 2.19. The molecule has 1 atom stereocenters. The van der Waals surface area contributed by atoms with Crippen LogP contribution in [-0.4, -0.2) is 57.2 Å². The Bertz CT molecular complexity index is 208. The molecule has 6 heteroatoms. The van der Waals surface area contributed by atoms with Crippen LogP contribution in [0.1, 0.15) is 0 Å². The second-order valence-corrected chi connectivity index (χ2v) is 2.83. The predicted molar refractivity (Wildman–Crippen MR) is 49.5 cm³/mol. The Hall–Kier alpha value is -1.14. The van der Waals surface area contributed by atoms with Gasteiger partial charge < -0.3 is 20.1 Å². The molecule has 82 valence electrons. The molecule has 6 nitrogen and oxygen atoms in total. The summed E-state index contributed by atoms with van der Waals surface area (Å²) in [5, 5.41) is 0. The maximum atomic E-state index is 11.4. The van der Waals surface area contributed by atoms with Gasteiger partial charge in [-0.1, -0.05) is 0 Å². The van der Waals surface area contributed by atoms with Crippen molar-refractivity contribution in [2.75, 3.05) is 34.4 Å². The van der Waals surface area contributed by atoms with Crippen molar-refractivity contribution < 1.29 is 19.1 Å². The zero-order valence-corrected chi connectivity index (χ0v) is 8.65. The minimum atomic E-state index is -0.741. The lowest BCUT2D eigenvalue weighted by Gasteiger charge is -2.19. The second-order valence-electron chi connectivity index (χ2n) is 2.83. The summed E-state index contributed by atoms with van der Waals surface area (Å²) in [4.78, 5) is 23.4.